The van der Waals surface area contributed by atoms with Crippen molar-refractivity contribution >= 4 is 23.5 Å². The summed E-state index contributed by atoms with van der Waals surface area (Å²) in [7, 11) is 1.50. The van der Waals surface area contributed by atoms with Crippen LogP contribution in [0.4, 0.5) is 26.6 Å². The molecule has 2 aromatic carbocycles. The van der Waals surface area contributed by atoms with Gasteiger partial charge in [-0.2, -0.15) is 4.98 Å². The van der Waals surface area contributed by atoms with Crippen LogP contribution in [0.15, 0.2) is 54.7 Å². The zero-order valence-corrected chi connectivity index (χ0v) is 17.6. The van der Waals surface area contributed by atoms with Gasteiger partial charge in [0.25, 0.3) is 0 Å². The molecule has 8 nitrogen and oxygen atoms in total. The highest BCUT2D eigenvalue weighted by Crippen LogP contribution is 2.31. The summed E-state index contributed by atoms with van der Waals surface area (Å²) in [5.41, 5.74) is 1.84. The van der Waals surface area contributed by atoms with Crippen LogP contribution < -0.4 is 20.3 Å². The van der Waals surface area contributed by atoms with Gasteiger partial charge in [0.1, 0.15) is 17.4 Å². The van der Waals surface area contributed by atoms with Gasteiger partial charge in [-0.05, 0) is 54.3 Å². The third-order valence-corrected chi connectivity index (χ3v) is 5.33. The lowest BCUT2D eigenvalue weighted by molar-refractivity contribution is 0.261. The van der Waals surface area contributed by atoms with Gasteiger partial charge in [-0.3, -0.25) is 5.32 Å². The number of benzene rings is 2. The van der Waals surface area contributed by atoms with E-state index in [1.165, 1.54) is 19.2 Å². The highest BCUT2D eigenvalue weighted by molar-refractivity contribution is 6.00. The van der Waals surface area contributed by atoms with Crippen LogP contribution in [-0.4, -0.2) is 47.4 Å². The molecule has 0 aliphatic carbocycles. The molecule has 1 aliphatic rings. The summed E-state index contributed by atoms with van der Waals surface area (Å²) in [4.78, 5) is 23.3. The second-order valence-corrected chi connectivity index (χ2v) is 7.42. The second kappa shape index (κ2) is 9.61. The minimum Gasteiger partial charge on any atom is -0.495 e. The first kappa shape index (κ1) is 21.5. The average molecular weight is 437 g/mol. The maximum Gasteiger partial charge on any atom is 0.324 e. The molecule has 2 heterocycles. The van der Waals surface area contributed by atoms with Gasteiger partial charge < -0.3 is 20.1 Å². The summed E-state index contributed by atoms with van der Waals surface area (Å²) >= 11 is 0. The summed E-state index contributed by atoms with van der Waals surface area (Å²) in [6.45, 7) is 0.786. The summed E-state index contributed by atoms with van der Waals surface area (Å²) in [6, 6.07) is 12.5. The molecule has 1 aromatic heterocycles. The third kappa shape index (κ3) is 4.78. The molecule has 0 bridgehead atoms. The quantitative estimate of drug-likeness (QED) is 0.541. The van der Waals surface area contributed by atoms with Crippen molar-refractivity contribution in [3.63, 3.8) is 0 Å². The fraction of sp³-hybridized carbons (Fsp3) is 0.261. The molecule has 4 rings (SSSR count). The molecule has 0 radical (unpaired) electrons. The van der Waals surface area contributed by atoms with Crippen LogP contribution >= 0.6 is 0 Å². The minimum atomic E-state index is -0.510. The molecule has 0 saturated carbocycles. The molecule has 2 amide bonds. The Hall–Kier alpha value is -3.72. The molecule has 1 fully saturated rings. The van der Waals surface area contributed by atoms with Crippen molar-refractivity contribution < 1.29 is 19.0 Å². The van der Waals surface area contributed by atoms with Gasteiger partial charge >= 0.3 is 6.03 Å². The predicted molar refractivity (Wildman–Crippen MR) is 121 cm³/mol. The fourth-order valence-electron chi connectivity index (χ4n) is 3.77. The Bertz CT molecular complexity index is 1110. The number of hydrogen-bond acceptors (Lipinski definition) is 6. The molecular weight excluding hydrogens is 413 g/mol. The molecule has 3 aromatic rings. The third-order valence-electron chi connectivity index (χ3n) is 5.33. The summed E-state index contributed by atoms with van der Waals surface area (Å²) < 4.78 is 19.0. The topological polar surface area (TPSA) is 99.6 Å². The van der Waals surface area contributed by atoms with Crippen LogP contribution in [-0.2, 0) is 0 Å². The molecule has 1 aliphatic heterocycles. The smallest absolute Gasteiger partial charge is 0.324 e. The molecule has 166 valence electrons. The number of ether oxygens (including phenoxy) is 1. The van der Waals surface area contributed by atoms with Gasteiger partial charge in [-0.15, -0.1) is 0 Å². The van der Waals surface area contributed by atoms with Crippen LogP contribution in [0.3, 0.4) is 0 Å². The number of methoxy groups -OCH3 is 1. The Balaban J connectivity index is 1.50. The Kier molecular flexibility index (Phi) is 6.46. The van der Waals surface area contributed by atoms with Gasteiger partial charge in [-0.25, -0.2) is 14.2 Å². The maximum atomic E-state index is 13.6. The zero-order valence-electron chi connectivity index (χ0n) is 17.6. The zero-order chi connectivity index (χ0) is 22.5. The molecular formula is C23H24FN5O3. The first-order chi connectivity index (χ1) is 15.6. The van der Waals surface area contributed by atoms with E-state index in [0.29, 0.717) is 28.8 Å². The Morgan fingerprint density at radius 1 is 1.22 bits per heavy atom. The van der Waals surface area contributed by atoms with Crippen molar-refractivity contribution in [1.29, 1.82) is 0 Å². The van der Waals surface area contributed by atoms with E-state index >= 15 is 0 Å². The van der Waals surface area contributed by atoms with Crippen molar-refractivity contribution in [2.45, 2.75) is 18.9 Å². The van der Waals surface area contributed by atoms with Crippen molar-refractivity contribution in [1.82, 2.24) is 9.97 Å². The van der Waals surface area contributed by atoms with Crippen LogP contribution in [0.25, 0.3) is 11.1 Å². The van der Waals surface area contributed by atoms with E-state index in [1.807, 2.05) is 4.90 Å². The second-order valence-electron chi connectivity index (χ2n) is 7.42. The summed E-state index contributed by atoms with van der Waals surface area (Å²) in [5, 5.41) is 15.0. The first-order valence-corrected chi connectivity index (χ1v) is 10.3. The molecule has 32 heavy (non-hydrogen) atoms. The number of aliphatic hydroxyl groups is 1. The van der Waals surface area contributed by atoms with E-state index in [9.17, 15) is 14.3 Å². The molecule has 1 saturated heterocycles. The number of aliphatic hydroxyl groups excluding tert-OH is 1. The standard InChI is InChI=1S/C23H24FN5O3/c1-32-20-8-7-16(15-4-2-5-17(24)12-15)13-19(20)26-23(31)28-21-9-10-25-22(27-21)29-11-3-6-18(29)14-30/h2,4-5,7-10,12-13,18,30H,3,6,11,14H2,1H3,(H2,25,26,27,28,31). The van der Waals surface area contributed by atoms with Gasteiger partial charge in [0.05, 0.1) is 25.4 Å². The van der Waals surface area contributed by atoms with Crippen LogP contribution in [0.1, 0.15) is 12.8 Å². The minimum absolute atomic E-state index is 0.0195. The molecule has 9 heteroatoms. The van der Waals surface area contributed by atoms with E-state index in [-0.39, 0.29) is 18.5 Å². The number of aromatic nitrogens is 2. The lowest BCUT2D eigenvalue weighted by atomic mass is 10.0. The number of nitrogens with one attached hydrogen (secondary N) is 2. The van der Waals surface area contributed by atoms with Crippen molar-refractivity contribution in [3.05, 3.63) is 60.5 Å². The van der Waals surface area contributed by atoms with Gasteiger partial charge in [-0.1, -0.05) is 18.2 Å². The lowest BCUT2D eigenvalue weighted by Crippen LogP contribution is -2.33. The number of carbonyl (C=O) groups is 1. The Morgan fingerprint density at radius 2 is 2.06 bits per heavy atom. The number of halogens is 1. The van der Waals surface area contributed by atoms with E-state index in [0.717, 1.165) is 24.9 Å². The molecule has 1 atom stereocenters. The van der Waals surface area contributed by atoms with E-state index in [4.69, 9.17) is 4.74 Å². The van der Waals surface area contributed by atoms with E-state index in [1.54, 1.807) is 42.6 Å². The highest BCUT2D eigenvalue weighted by Gasteiger charge is 2.26. The molecule has 3 N–H and O–H groups in total. The van der Waals surface area contributed by atoms with Gasteiger partial charge in [0, 0.05) is 12.7 Å². The Morgan fingerprint density at radius 3 is 2.84 bits per heavy atom. The van der Waals surface area contributed by atoms with Crippen molar-refractivity contribution in [2.24, 2.45) is 0 Å². The number of anilines is 3. The van der Waals surface area contributed by atoms with E-state index in [2.05, 4.69) is 20.6 Å². The number of amides is 2. The van der Waals surface area contributed by atoms with Crippen molar-refractivity contribution in [2.75, 3.05) is 35.8 Å². The molecule has 1 unspecified atom stereocenters. The summed E-state index contributed by atoms with van der Waals surface area (Å²) in [5.74, 6) is 0.916. The van der Waals surface area contributed by atoms with Crippen LogP contribution in [0.5, 0.6) is 5.75 Å². The normalized spacial score (nSPS) is 15.5. The highest BCUT2D eigenvalue weighted by atomic mass is 19.1. The molecule has 0 spiro atoms. The van der Waals surface area contributed by atoms with Gasteiger partial charge in [0.2, 0.25) is 5.95 Å². The monoisotopic (exact) mass is 437 g/mol. The number of hydrogen-bond donors (Lipinski definition) is 3. The summed E-state index contributed by atoms with van der Waals surface area (Å²) in [6.07, 6.45) is 3.39. The number of nitrogens with zero attached hydrogens (tertiary/aromatic N) is 3. The Labute approximate surface area is 185 Å². The number of rotatable bonds is 6. The van der Waals surface area contributed by atoms with Crippen LogP contribution in [0, 0.1) is 5.82 Å². The number of carbonyl (C=O) groups excluding carboxylic acids is 1. The number of urea groups is 1. The van der Waals surface area contributed by atoms with E-state index < -0.39 is 6.03 Å². The lowest BCUT2D eigenvalue weighted by Gasteiger charge is -2.23. The fourth-order valence-corrected chi connectivity index (χ4v) is 3.77. The first-order valence-electron chi connectivity index (χ1n) is 10.3. The largest absolute Gasteiger partial charge is 0.495 e. The predicted octanol–water partition coefficient (Wildman–Crippen LogP) is 3.90. The maximum absolute atomic E-state index is 13.6. The average Bonchev–Trinajstić information content (AvgIpc) is 3.28. The van der Waals surface area contributed by atoms with Crippen LogP contribution in [0.2, 0.25) is 0 Å². The SMILES string of the molecule is COc1ccc(-c2cccc(F)c2)cc1NC(=O)Nc1ccnc(N2CCCC2CO)n1. The van der Waals surface area contributed by atoms with Gasteiger partial charge in [0.15, 0.2) is 0 Å². The van der Waals surface area contributed by atoms with Crippen molar-refractivity contribution in [3.8, 4) is 16.9 Å².